The summed E-state index contributed by atoms with van der Waals surface area (Å²) in [4.78, 5) is 15.5. The van der Waals surface area contributed by atoms with E-state index in [1.54, 1.807) is 43.4 Å². The van der Waals surface area contributed by atoms with Gasteiger partial charge >= 0.3 is 0 Å². The van der Waals surface area contributed by atoms with E-state index < -0.39 is 26.3 Å². The first kappa shape index (κ1) is 39.6. The molecule has 2 aromatic carbocycles. The third-order valence-electron chi connectivity index (χ3n) is 9.83. The second-order valence-electron chi connectivity index (χ2n) is 13.5. The van der Waals surface area contributed by atoms with Crippen LogP contribution in [0.2, 0.25) is 16.6 Å². The van der Waals surface area contributed by atoms with E-state index >= 15 is 0 Å². The van der Waals surface area contributed by atoms with Crippen molar-refractivity contribution in [3.05, 3.63) is 46.5 Å². The van der Waals surface area contributed by atoms with Crippen LogP contribution >= 0.6 is 0 Å². The first-order valence-electron chi connectivity index (χ1n) is 17.1. The summed E-state index contributed by atoms with van der Waals surface area (Å²) < 4.78 is 43.0. The fraction of sp³-hybridized carbons (Fsp3) is 0.649. The van der Waals surface area contributed by atoms with Gasteiger partial charge < -0.3 is 42.9 Å². The normalized spacial score (nSPS) is 15.9. The van der Waals surface area contributed by atoms with E-state index in [1.165, 1.54) is 14.2 Å². The Morgan fingerprint density at radius 1 is 0.833 bits per heavy atom. The van der Waals surface area contributed by atoms with E-state index in [2.05, 4.69) is 41.5 Å². The largest absolute Gasteiger partial charge is 0.497 e. The Kier molecular flexibility index (Phi) is 13.8. The summed E-state index contributed by atoms with van der Waals surface area (Å²) in [6.45, 7) is 21.3. The minimum Gasteiger partial charge on any atom is -0.497 e. The molecule has 3 rings (SSSR count). The summed E-state index contributed by atoms with van der Waals surface area (Å²) >= 11 is 0. The van der Waals surface area contributed by atoms with Gasteiger partial charge in [-0.1, -0.05) is 41.5 Å². The molecule has 2 unspecified atom stereocenters. The molecule has 1 fully saturated rings. The number of amides is 1. The second-order valence-corrected chi connectivity index (χ2v) is 18.9. The molecule has 10 nitrogen and oxygen atoms in total. The molecule has 1 amide bonds. The quantitative estimate of drug-likeness (QED) is 0.168. The third-order valence-corrected chi connectivity index (χ3v) is 15.9. The van der Waals surface area contributed by atoms with Gasteiger partial charge in [-0.05, 0) is 61.2 Å². The van der Waals surface area contributed by atoms with Gasteiger partial charge in [-0.3, -0.25) is 4.79 Å². The van der Waals surface area contributed by atoms with Crippen LogP contribution in [0.15, 0.2) is 24.3 Å². The number of rotatable bonds is 17. The lowest BCUT2D eigenvalue weighted by atomic mass is 9.92. The Bertz CT molecular complexity index is 1320. The van der Waals surface area contributed by atoms with Crippen molar-refractivity contribution in [2.45, 2.75) is 103 Å². The molecule has 1 N–H and O–H groups in total. The fourth-order valence-corrected chi connectivity index (χ4v) is 13.0. The van der Waals surface area contributed by atoms with Crippen molar-refractivity contribution in [1.29, 1.82) is 0 Å². The zero-order valence-corrected chi connectivity index (χ0v) is 32.4. The van der Waals surface area contributed by atoms with Crippen LogP contribution in [-0.2, 0) is 13.9 Å². The van der Waals surface area contributed by atoms with Gasteiger partial charge in [-0.2, -0.15) is 0 Å². The molecule has 11 heteroatoms. The SMILES string of the molecule is CCN(CC)C(=O)c1c(OC)cc(OC)cc1C(O)c1cc(OC)c(C(CC2(C)OCCO2)O[Si](C(C)C)(C(C)C)C(C)C)c(OC)c1. The number of aliphatic hydroxyl groups is 1. The van der Waals surface area contributed by atoms with Crippen LogP contribution in [0.3, 0.4) is 0 Å². The Morgan fingerprint density at radius 3 is 1.75 bits per heavy atom. The molecule has 0 saturated carbocycles. The second kappa shape index (κ2) is 16.7. The minimum atomic E-state index is -2.44. The van der Waals surface area contributed by atoms with E-state index in [-0.39, 0.29) is 11.5 Å². The highest BCUT2D eigenvalue weighted by Crippen LogP contribution is 2.51. The van der Waals surface area contributed by atoms with Crippen molar-refractivity contribution in [2.24, 2.45) is 0 Å². The maximum Gasteiger partial charge on any atom is 0.257 e. The van der Waals surface area contributed by atoms with Crippen molar-refractivity contribution >= 4 is 14.2 Å². The molecule has 0 spiro atoms. The zero-order valence-electron chi connectivity index (χ0n) is 31.4. The molecule has 0 aliphatic carbocycles. The summed E-state index contributed by atoms with van der Waals surface area (Å²) in [7, 11) is 3.78. The summed E-state index contributed by atoms with van der Waals surface area (Å²) in [6.07, 6.45) is -1.34. The molecule has 1 saturated heterocycles. The van der Waals surface area contributed by atoms with E-state index in [9.17, 15) is 9.90 Å². The predicted molar refractivity (Wildman–Crippen MR) is 190 cm³/mol. The van der Waals surface area contributed by atoms with Gasteiger partial charge in [-0.15, -0.1) is 0 Å². The standard InChI is InChI=1S/C37H59NO9Si/c1-14-38(15-2)36(40)33-28(20-27(41-10)21-31(33)44-13)35(39)26-18-29(42-11)34(30(19-26)43-12)32(22-37(9)45-16-17-46-37)47-48(23(3)4,24(5)6)25(7)8/h18-21,23-25,32,35,39H,14-17,22H2,1-13H3. The highest BCUT2D eigenvalue weighted by atomic mass is 28.4. The van der Waals surface area contributed by atoms with Crippen molar-refractivity contribution in [2.75, 3.05) is 54.7 Å². The van der Waals surface area contributed by atoms with Crippen molar-refractivity contribution in [1.82, 2.24) is 4.90 Å². The summed E-state index contributed by atoms with van der Waals surface area (Å²) in [5, 5.41) is 12.1. The molecule has 2 aromatic rings. The number of nitrogens with zero attached hydrogens (tertiary/aromatic N) is 1. The molecular weight excluding hydrogens is 630 g/mol. The van der Waals surface area contributed by atoms with Gasteiger partial charge in [-0.25, -0.2) is 0 Å². The van der Waals surface area contributed by atoms with Crippen LogP contribution < -0.4 is 18.9 Å². The summed E-state index contributed by atoms with van der Waals surface area (Å²) in [6, 6.07) is 6.91. The van der Waals surface area contributed by atoms with Crippen LogP contribution in [-0.4, -0.2) is 84.8 Å². The number of carbonyl (C=O) groups is 1. The first-order valence-corrected chi connectivity index (χ1v) is 19.3. The number of benzene rings is 2. The predicted octanol–water partition coefficient (Wildman–Crippen LogP) is 7.67. The zero-order chi connectivity index (χ0) is 36.0. The molecule has 0 radical (unpaired) electrons. The number of hydrogen-bond donors (Lipinski definition) is 1. The Morgan fingerprint density at radius 2 is 1.33 bits per heavy atom. The minimum absolute atomic E-state index is 0.250. The van der Waals surface area contributed by atoms with Crippen LogP contribution in [0.25, 0.3) is 0 Å². The van der Waals surface area contributed by atoms with Gasteiger partial charge in [0.25, 0.3) is 5.91 Å². The molecule has 48 heavy (non-hydrogen) atoms. The van der Waals surface area contributed by atoms with E-state index in [0.717, 1.165) is 5.56 Å². The lowest BCUT2D eigenvalue weighted by molar-refractivity contribution is -0.162. The Hall–Kier alpha value is -2.83. The highest BCUT2D eigenvalue weighted by Gasteiger charge is 2.49. The molecule has 2 atom stereocenters. The summed E-state index contributed by atoms with van der Waals surface area (Å²) in [5.41, 5.74) is 2.76. The van der Waals surface area contributed by atoms with Crippen molar-refractivity contribution in [3.63, 3.8) is 0 Å². The molecule has 0 aromatic heterocycles. The number of ether oxygens (including phenoxy) is 6. The molecule has 1 aliphatic rings. The molecule has 270 valence electrons. The Labute approximate surface area is 289 Å². The number of hydrogen-bond acceptors (Lipinski definition) is 9. The summed E-state index contributed by atoms with van der Waals surface area (Å²) in [5.74, 6) is 0.622. The molecule has 1 heterocycles. The highest BCUT2D eigenvalue weighted by molar-refractivity contribution is 6.77. The van der Waals surface area contributed by atoms with Crippen LogP contribution in [0.5, 0.6) is 23.0 Å². The maximum atomic E-state index is 13.8. The van der Waals surface area contributed by atoms with Gasteiger partial charge in [0.1, 0.15) is 29.1 Å². The molecule has 0 bridgehead atoms. The van der Waals surface area contributed by atoms with E-state index in [0.29, 0.717) is 83.5 Å². The average Bonchev–Trinajstić information content (AvgIpc) is 3.50. The monoisotopic (exact) mass is 689 g/mol. The fourth-order valence-electron chi connectivity index (χ4n) is 7.49. The van der Waals surface area contributed by atoms with Crippen LogP contribution in [0.4, 0.5) is 0 Å². The smallest absolute Gasteiger partial charge is 0.257 e. The molecular formula is C37H59NO9Si. The lowest BCUT2D eigenvalue weighted by Crippen LogP contribution is -2.49. The molecule has 1 aliphatic heterocycles. The van der Waals surface area contributed by atoms with Crippen molar-refractivity contribution in [3.8, 4) is 23.0 Å². The Balaban J connectivity index is 2.29. The van der Waals surface area contributed by atoms with E-state index in [1.807, 2.05) is 20.8 Å². The number of methoxy groups -OCH3 is 4. The van der Waals surface area contributed by atoms with Gasteiger partial charge in [0.2, 0.25) is 8.32 Å². The first-order chi connectivity index (χ1) is 22.7. The number of carbonyl (C=O) groups excluding carboxylic acids is 1. The third kappa shape index (κ3) is 7.96. The van der Waals surface area contributed by atoms with Crippen LogP contribution in [0.1, 0.15) is 108 Å². The number of aliphatic hydroxyl groups excluding tert-OH is 1. The maximum absolute atomic E-state index is 13.8. The average molecular weight is 690 g/mol. The van der Waals surface area contributed by atoms with Gasteiger partial charge in [0.15, 0.2) is 5.79 Å². The van der Waals surface area contributed by atoms with Gasteiger partial charge in [0, 0.05) is 31.1 Å². The van der Waals surface area contributed by atoms with E-state index in [4.69, 9.17) is 32.8 Å². The topological polar surface area (TPSA) is 105 Å². The van der Waals surface area contributed by atoms with Gasteiger partial charge in [0.05, 0.1) is 58.9 Å². The van der Waals surface area contributed by atoms with Crippen LogP contribution in [0, 0.1) is 0 Å². The lowest BCUT2D eigenvalue weighted by Gasteiger charge is -2.46. The van der Waals surface area contributed by atoms with Crippen molar-refractivity contribution < 1.29 is 42.7 Å².